The lowest BCUT2D eigenvalue weighted by Gasteiger charge is -2.04. The number of rotatable bonds is 3. The van der Waals surface area contributed by atoms with Crippen molar-refractivity contribution in [3.8, 4) is 11.3 Å². The summed E-state index contributed by atoms with van der Waals surface area (Å²) in [5, 5.41) is 10.9. The molecular weight excluding hydrogens is 232 g/mol. The average molecular weight is 244 g/mol. The Morgan fingerprint density at radius 1 is 1.44 bits per heavy atom. The predicted molar refractivity (Wildman–Crippen MR) is 67.9 cm³/mol. The highest BCUT2D eigenvalue weighted by molar-refractivity contribution is 5.70. The molecular formula is C12H12N4O2. The smallest absolute Gasteiger partial charge is 0.313 e. The molecule has 0 radical (unpaired) electrons. The van der Waals surface area contributed by atoms with Gasteiger partial charge in [-0.05, 0) is 18.1 Å². The number of aryl methyl sites for hydroxylation is 1. The molecule has 1 heterocycles. The van der Waals surface area contributed by atoms with Crippen molar-refractivity contribution in [1.82, 2.24) is 9.97 Å². The second-order valence-electron chi connectivity index (χ2n) is 3.77. The summed E-state index contributed by atoms with van der Waals surface area (Å²) >= 11 is 0. The fourth-order valence-corrected chi connectivity index (χ4v) is 1.67. The third-order valence-corrected chi connectivity index (χ3v) is 2.59. The summed E-state index contributed by atoms with van der Waals surface area (Å²) in [6.07, 6.45) is 1.98. The quantitative estimate of drug-likeness (QED) is 0.659. The molecule has 0 bridgehead atoms. The first-order valence-electron chi connectivity index (χ1n) is 5.48. The van der Waals surface area contributed by atoms with Crippen molar-refractivity contribution in [3.63, 3.8) is 0 Å². The Bertz CT molecular complexity index is 598. The van der Waals surface area contributed by atoms with Crippen LogP contribution in [0.4, 0.5) is 11.6 Å². The van der Waals surface area contributed by atoms with Gasteiger partial charge in [-0.25, -0.2) is 9.97 Å². The number of benzene rings is 1. The molecule has 1 aromatic carbocycles. The molecule has 2 rings (SSSR count). The van der Waals surface area contributed by atoms with E-state index in [1.165, 1.54) is 0 Å². The van der Waals surface area contributed by atoms with Crippen LogP contribution < -0.4 is 5.73 Å². The summed E-state index contributed by atoms with van der Waals surface area (Å²) in [5.41, 5.74) is 7.36. The molecule has 0 aliphatic rings. The largest absolute Gasteiger partial charge is 0.368 e. The molecule has 92 valence electrons. The molecule has 2 aromatic rings. The third kappa shape index (κ3) is 2.27. The van der Waals surface area contributed by atoms with Crippen LogP contribution in [-0.4, -0.2) is 14.9 Å². The summed E-state index contributed by atoms with van der Waals surface area (Å²) in [5.74, 6) is 0.0255. The van der Waals surface area contributed by atoms with Crippen LogP contribution in [0, 0.1) is 10.1 Å². The second-order valence-corrected chi connectivity index (χ2v) is 3.77. The number of hydrogen-bond acceptors (Lipinski definition) is 5. The van der Waals surface area contributed by atoms with Gasteiger partial charge < -0.3 is 5.73 Å². The van der Waals surface area contributed by atoms with E-state index < -0.39 is 4.92 Å². The lowest BCUT2D eigenvalue weighted by Crippen LogP contribution is -2.01. The highest BCUT2D eigenvalue weighted by Gasteiger charge is 2.18. The molecule has 0 saturated carbocycles. The van der Waals surface area contributed by atoms with Gasteiger partial charge in [0.15, 0.2) is 5.69 Å². The molecule has 0 aliphatic carbocycles. The number of nitrogens with two attached hydrogens (primary N) is 1. The van der Waals surface area contributed by atoms with E-state index in [2.05, 4.69) is 9.97 Å². The Kier molecular flexibility index (Phi) is 3.18. The van der Waals surface area contributed by atoms with E-state index in [1.54, 1.807) is 6.07 Å². The molecule has 0 unspecified atom stereocenters. The fourth-order valence-electron chi connectivity index (χ4n) is 1.67. The zero-order valence-corrected chi connectivity index (χ0v) is 9.83. The first-order chi connectivity index (χ1) is 8.61. The van der Waals surface area contributed by atoms with E-state index in [4.69, 9.17) is 5.73 Å². The highest BCUT2D eigenvalue weighted by atomic mass is 16.6. The predicted octanol–water partition coefficient (Wildman–Crippen LogP) is 2.20. The molecule has 18 heavy (non-hydrogen) atoms. The van der Waals surface area contributed by atoms with Gasteiger partial charge in [0.1, 0.15) is 6.20 Å². The van der Waals surface area contributed by atoms with Crippen LogP contribution in [0.2, 0.25) is 0 Å². The molecule has 1 aromatic heterocycles. The number of hydrogen-bond donors (Lipinski definition) is 1. The van der Waals surface area contributed by atoms with Gasteiger partial charge >= 0.3 is 5.69 Å². The van der Waals surface area contributed by atoms with Gasteiger partial charge in [0.25, 0.3) is 0 Å². The van der Waals surface area contributed by atoms with Crippen molar-refractivity contribution in [1.29, 1.82) is 0 Å². The monoisotopic (exact) mass is 244 g/mol. The highest BCUT2D eigenvalue weighted by Crippen LogP contribution is 2.28. The zero-order chi connectivity index (χ0) is 13.1. The molecule has 6 heteroatoms. The molecule has 0 saturated heterocycles. The first-order valence-corrected chi connectivity index (χ1v) is 5.48. The number of aromatic nitrogens is 2. The van der Waals surface area contributed by atoms with Crippen molar-refractivity contribution >= 4 is 11.6 Å². The normalized spacial score (nSPS) is 10.3. The molecule has 6 nitrogen and oxygen atoms in total. The maximum atomic E-state index is 10.9. The van der Waals surface area contributed by atoms with Gasteiger partial charge in [-0.2, -0.15) is 0 Å². The van der Waals surface area contributed by atoms with Gasteiger partial charge in [0.2, 0.25) is 5.95 Å². The zero-order valence-electron chi connectivity index (χ0n) is 9.83. The van der Waals surface area contributed by atoms with Crippen LogP contribution in [-0.2, 0) is 6.42 Å². The van der Waals surface area contributed by atoms with Crippen molar-refractivity contribution in [3.05, 3.63) is 46.1 Å². The van der Waals surface area contributed by atoms with Crippen molar-refractivity contribution < 1.29 is 4.92 Å². The van der Waals surface area contributed by atoms with E-state index in [9.17, 15) is 10.1 Å². The molecule has 0 atom stereocenters. The summed E-state index contributed by atoms with van der Waals surface area (Å²) in [6, 6.07) is 7.44. The molecule has 0 aliphatic heterocycles. The summed E-state index contributed by atoms with van der Waals surface area (Å²) in [4.78, 5) is 18.1. The second kappa shape index (κ2) is 4.79. The van der Waals surface area contributed by atoms with Crippen LogP contribution in [0.3, 0.4) is 0 Å². The fraction of sp³-hybridized carbons (Fsp3) is 0.167. The SMILES string of the molecule is CCc1cccc(-c2nc(N)ncc2[N+](=O)[O-])c1. The maximum absolute atomic E-state index is 10.9. The topological polar surface area (TPSA) is 94.9 Å². The van der Waals surface area contributed by atoms with E-state index in [0.29, 0.717) is 5.56 Å². The van der Waals surface area contributed by atoms with Crippen LogP contribution >= 0.6 is 0 Å². The maximum Gasteiger partial charge on any atom is 0.313 e. The van der Waals surface area contributed by atoms with E-state index in [-0.39, 0.29) is 17.3 Å². The van der Waals surface area contributed by atoms with Crippen LogP contribution in [0.25, 0.3) is 11.3 Å². The summed E-state index contributed by atoms with van der Waals surface area (Å²) in [7, 11) is 0. The van der Waals surface area contributed by atoms with E-state index in [1.807, 2.05) is 25.1 Å². The van der Waals surface area contributed by atoms with E-state index in [0.717, 1.165) is 18.2 Å². The molecule has 0 spiro atoms. The lowest BCUT2D eigenvalue weighted by atomic mass is 10.1. The van der Waals surface area contributed by atoms with Gasteiger partial charge in [-0.1, -0.05) is 25.1 Å². The summed E-state index contributed by atoms with van der Waals surface area (Å²) < 4.78 is 0. The first kappa shape index (κ1) is 12.0. The Hall–Kier alpha value is -2.50. The minimum absolute atomic E-state index is 0.0255. The minimum Gasteiger partial charge on any atom is -0.368 e. The standard InChI is InChI=1S/C12H12N4O2/c1-2-8-4-3-5-9(6-8)11-10(16(17)18)7-14-12(13)15-11/h3-7H,2H2,1H3,(H2,13,14,15). The number of nitrogens with zero attached hydrogens (tertiary/aromatic N) is 3. The Balaban J connectivity index is 2.61. The van der Waals surface area contributed by atoms with Crippen molar-refractivity contribution in [2.75, 3.05) is 5.73 Å². The van der Waals surface area contributed by atoms with Gasteiger partial charge in [0.05, 0.1) is 4.92 Å². The van der Waals surface area contributed by atoms with E-state index >= 15 is 0 Å². The third-order valence-electron chi connectivity index (χ3n) is 2.59. The van der Waals surface area contributed by atoms with Gasteiger partial charge in [-0.3, -0.25) is 10.1 Å². The molecule has 0 amide bonds. The number of anilines is 1. The number of nitrogen functional groups attached to an aromatic ring is 1. The average Bonchev–Trinajstić information content (AvgIpc) is 2.38. The molecule has 0 fully saturated rings. The summed E-state index contributed by atoms with van der Waals surface area (Å²) in [6.45, 7) is 2.02. The molecule has 2 N–H and O–H groups in total. The Morgan fingerprint density at radius 3 is 2.89 bits per heavy atom. The number of nitro groups is 1. The van der Waals surface area contributed by atoms with Crippen LogP contribution in [0.15, 0.2) is 30.5 Å². The van der Waals surface area contributed by atoms with Gasteiger partial charge in [0, 0.05) is 5.56 Å². The van der Waals surface area contributed by atoms with Gasteiger partial charge in [-0.15, -0.1) is 0 Å². The lowest BCUT2D eigenvalue weighted by molar-refractivity contribution is -0.384. The van der Waals surface area contributed by atoms with Crippen molar-refractivity contribution in [2.24, 2.45) is 0 Å². The minimum atomic E-state index is -0.507. The Morgan fingerprint density at radius 2 is 2.22 bits per heavy atom. The van der Waals surface area contributed by atoms with Crippen LogP contribution in [0.1, 0.15) is 12.5 Å². The van der Waals surface area contributed by atoms with Crippen molar-refractivity contribution in [2.45, 2.75) is 13.3 Å². The Labute approximate surface area is 104 Å². The van der Waals surface area contributed by atoms with Crippen LogP contribution in [0.5, 0.6) is 0 Å².